The van der Waals surface area contributed by atoms with Crippen LogP contribution >= 0.6 is 0 Å². The molecule has 6 nitrogen and oxygen atoms in total. The molecule has 0 aliphatic heterocycles. The topological polar surface area (TPSA) is 75.4 Å². The lowest BCUT2D eigenvalue weighted by molar-refractivity contribution is -0.146. The fraction of sp³-hybridized carbons (Fsp3) is 0.500. The minimum absolute atomic E-state index is 0.342. The highest BCUT2D eigenvalue weighted by atomic mass is 16.4. The van der Waals surface area contributed by atoms with Crippen LogP contribution in [0, 0.1) is 6.92 Å². The van der Waals surface area contributed by atoms with Gasteiger partial charge >= 0.3 is 5.97 Å². The number of carboxylic acid groups (broad SMARTS) is 1. The van der Waals surface area contributed by atoms with E-state index in [9.17, 15) is 9.59 Å². The number of carbonyl (C=O) groups is 2. The molecule has 0 saturated carbocycles. The van der Waals surface area contributed by atoms with Gasteiger partial charge in [-0.3, -0.25) is 9.48 Å². The van der Waals surface area contributed by atoms with Crippen molar-refractivity contribution in [2.45, 2.75) is 19.9 Å². The number of amides is 1. The minimum Gasteiger partial charge on any atom is -0.479 e. The number of aryl methyl sites for hydroxylation is 2. The van der Waals surface area contributed by atoms with Gasteiger partial charge in [-0.1, -0.05) is 0 Å². The summed E-state index contributed by atoms with van der Waals surface area (Å²) in [5.74, 6) is -1.05. The average Bonchev–Trinajstić information content (AvgIpc) is 2.53. The van der Waals surface area contributed by atoms with Crippen molar-refractivity contribution in [2.24, 2.45) is 7.05 Å². The molecule has 0 aliphatic rings. The molecule has 1 unspecified atom stereocenters. The lowest BCUT2D eigenvalue weighted by Gasteiger charge is -2.22. The Bertz CT molecular complexity index is 400. The Labute approximate surface area is 93.5 Å². The maximum Gasteiger partial charge on any atom is 0.331 e. The van der Waals surface area contributed by atoms with Crippen molar-refractivity contribution in [1.82, 2.24) is 14.7 Å². The summed E-state index contributed by atoms with van der Waals surface area (Å²) < 4.78 is 1.54. The largest absolute Gasteiger partial charge is 0.479 e. The normalized spacial score (nSPS) is 12.2. The van der Waals surface area contributed by atoms with Crippen LogP contribution in [0.15, 0.2) is 6.20 Å². The lowest BCUT2D eigenvalue weighted by atomic mass is 10.1. The third kappa shape index (κ3) is 2.21. The third-order valence-electron chi connectivity index (χ3n) is 2.41. The Hall–Kier alpha value is -1.85. The SMILES string of the molecule is CCN(C=O)C(C(=O)O)c1cn(C)nc1C. The molecule has 0 saturated heterocycles. The molecule has 1 aromatic rings. The molecule has 1 N–H and O–H groups in total. The molecule has 1 amide bonds. The quantitative estimate of drug-likeness (QED) is 0.733. The fourth-order valence-electron chi connectivity index (χ4n) is 1.66. The number of hydrogen-bond donors (Lipinski definition) is 1. The smallest absolute Gasteiger partial charge is 0.331 e. The second-order valence-electron chi connectivity index (χ2n) is 3.52. The Morgan fingerprint density at radius 3 is 2.69 bits per heavy atom. The Morgan fingerprint density at radius 1 is 1.75 bits per heavy atom. The molecular weight excluding hydrogens is 210 g/mol. The number of hydrogen-bond acceptors (Lipinski definition) is 3. The maximum atomic E-state index is 11.2. The van der Waals surface area contributed by atoms with E-state index in [-0.39, 0.29) is 0 Å². The zero-order chi connectivity index (χ0) is 12.3. The van der Waals surface area contributed by atoms with Crippen molar-refractivity contribution in [2.75, 3.05) is 6.54 Å². The van der Waals surface area contributed by atoms with Gasteiger partial charge in [0.15, 0.2) is 6.04 Å². The molecule has 88 valence electrons. The predicted molar refractivity (Wildman–Crippen MR) is 56.8 cm³/mol. The Morgan fingerprint density at radius 2 is 2.38 bits per heavy atom. The first-order valence-electron chi connectivity index (χ1n) is 4.95. The number of aromatic nitrogens is 2. The summed E-state index contributed by atoms with van der Waals surface area (Å²) >= 11 is 0. The van der Waals surface area contributed by atoms with Gasteiger partial charge in [-0.2, -0.15) is 5.10 Å². The average molecular weight is 225 g/mol. The van der Waals surface area contributed by atoms with E-state index in [1.54, 1.807) is 31.8 Å². The molecule has 0 aromatic carbocycles. The summed E-state index contributed by atoms with van der Waals surface area (Å²) in [7, 11) is 1.71. The van der Waals surface area contributed by atoms with Crippen molar-refractivity contribution >= 4 is 12.4 Å². The van der Waals surface area contributed by atoms with Crippen molar-refractivity contribution in [1.29, 1.82) is 0 Å². The minimum atomic E-state index is -1.05. The highest BCUT2D eigenvalue weighted by Gasteiger charge is 2.28. The number of rotatable bonds is 5. The van der Waals surface area contributed by atoms with Crippen LogP contribution in [0.2, 0.25) is 0 Å². The Balaban J connectivity index is 3.16. The standard InChI is InChI=1S/C10H15N3O3/c1-4-13(6-14)9(10(15)16)8-5-12(3)11-7(8)2/h5-6,9H,4H2,1-3H3,(H,15,16). The molecule has 0 spiro atoms. The summed E-state index contributed by atoms with van der Waals surface area (Å²) in [5.41, 5.74) is 1.17. The maximum absolute atomic E-state index is 11.2. The zero-order valence-electron chi connectivity index (χ0n) is 9.54. The molecule has 16 heavy (non-hydrogen) atoms. The second-order valence-corrected chi connectivity index (χ2v) is 3.52. The monoisotopic (exact) mass is 225 g/mol. The van der Waals surface area contributed by atoms with Gasteiger partial charge in [-0.05, 0) is 13.8 Å². The van der Waals surface area contributed by atoms with Gasteiger partial charge in [0.1, 0.15) is 0 Å². The number of aliphatic carboxylic acids is 1. The fourth-order valence-corrected chi connectivity index (χ4v) is 1.66. The number of carboxylic acids is 1. The molecule has 1 rings (SSSR count). The van der Waals surface area contributed by atoms with E-state index >= 15 is 0 Å². The van der Waals surface area contributed by atoms with Crippen LogP contribution in [0.1, 0.15) is 24.2 Å². The molecule has 6 heteroatoms. The van der Waals surface area contributed by atoms with E-state index in [0.29, 0.717) is 24.2 Å². The molecule has 0 fully saturated rings. The number of carbonyl (C=O) groups excluding carboxylic acids is 1. The van der Waals surface area contributed by atoms with Gasteiger partial charge in [-0.15, -0.1) is 0 Å². The molecule has 1 heterocycles. The summed E-state index contributed by atoms with van der Waals surface area (Å²) in [6, 6.07) is -0.962. The van der Waals surface area contributed by atoms with E-state index in [1.165, 1.54) is 4.90 Å². The third-order valence-corrected chi connectivity index (χ3v) is 2.41. The Kier molecular flexibility index (Phi) is 3.65. The highest BCUT2D eigenvalue weighted by molar-refractivity contribution is 5.78. The van der Waals surface area contributed by atoms with Gasteiger partial charge in [0, 0.05) is 25.4 Å². The van der Waals surface area contributed by atoms with Crippen molar-refractivity contribution in [3.05, 3.63) is 17.5 Å². The summed E-state index contributed by atoms with van der Waals surface area (Å²) in [5, 5.41) is 13.2. The summed E-state index contributed by atoms with van der Waals surface area (Å²) in [6.07, 6.45) is 2.17. The molecule has 0 aliphatic carbocycles. The lowest BCUT2D eigenvalue weighted by Crippen LogP contribution is -2.33. The van der Waals surface area contributed by atoms with Crippen molar-refractivity contribution < 1.29 is 14.7 Å². The van der Waals surface area contributed by atoms with Crippen LogP contribution in [-0.2, 0) is 16.6 Å². The van der Waals surface area contributed by atoms with Gasteiger partial charge in [0.25, 0.3) is 0 Å². The molecule has 1 atom stereocenters. The van der Waals surface area contributed by atoms with Gasteiger partial charge in [0.05, 0.1) is 5.69 Å². The predicted octanol–water partition coefficient (Wildman–Crippen LogP) is 0.333. The zero-order valence-corrected chi connectivity index (χ0v) is 9.54. The van der Waals surface area contributed by atoms with E-state index in [0.717, 1.165) is 0 Å². The van der Waals surface area contributed by atoms with E-state index in [1.807, 2.05) is 0 Å². The summed E-state index contributed by atoms with van der Waals surface area (Å²) in [6.45, 7) is 3.80. The number of nitrogens with zero attached hydrogens (tertiary/aromatic N) is 3. The highest BCUT2D eigenvalue weighted by Crippen LogP contribution is 2.22. The number of likely N-dealkylation sites (N-methyl/N-ethyl adjacent to an activating group) is 1. The second kappa shape index (κ2) is 4.78. The van der Waals surface area contributed by atoms with Crippen LogP contribution < -0.4 is 0 Å². The van der Waals surface area contributed by atoms with Crippen LogP contribution in [0.4, 0.5) is 0 Å². The first-order chi connectivity index (χ1) is 7.51. The van der Waals surface area contributed by atoms with Crippen LogP contribution in [0.25, 0.3) is 0 Å². The first kappa shape index (κ1) is 12.2. The summed E-state index contributed by atoms with van der Waals surface area (Å²) in [4.78, 5) is 23.2. The van der Waals surface area contributed by atoms with Gasteiger partial charge < -0.3 is 10.0 Å². The molecule has 0 bridgehead atoms. The van der Waals surface area contributed by atoms with Crippen LogP contribution in [-0.4, -0.2) is 38.7 Å². The van der Waals surface area contributed by atoms with E-state index in [4.69, 9.17) is 5.11 Å². The van der Waals surface area contributed by atoms with E-state index < -0.39 is 12.0 Å². The van der Waals surface area contributed by atoms with Crippen LogP contribution in [0.3, 0.4) is 0 Å². The van der Waals surface area contributed by atoms with Crippen LogP contribution in [0.5, 0.6) is 0 Å². The van der Waals surface area contributed by atoms with E-state index in [2.05, 4.69) is 5.10 Å². The van der Waals surface area contributed by atoms with Crippen molar-refractivity contribution in [3.63, 3.8) is 0 Å². The van der Waals surface area contributed by atoms with Gasteiger partial charge in [0.2, 0.25) is 6.41 Å². The van der Waals surface area contributed by atoms with Gasteiger partial charge in [-0.25, -0.2) is 4.79 Å². The van der Waals surface area contributed by atoms with Crippen molar-refractivity contribution in [3.8, 4) is 0 Å². The molecule has 0 radical (unpaired) electrons. The molecule has 1 aromatic heterocycles. The molecular formula is C10H15N3O3. The first-order valence-corrected chi connectivity index (χ1v) is 4.95.